The molecule has 1 rings (SSSR count). The van der Waals surface area contributed by atoms with Gasteiger partial charge in [-0.15, -0.1) is 0 Å². The number of halogens is 3. The van der Waals surface area contributed by atoms with Crippen LogP contribution >= 0.6 is 0 Å². The molecule has 0 radical (unpaired) electrons. The Morgan fingerprint density at radius 1 is 1.50 bits per heavy atom. The summed E-state index contributed by atoms with van der Waals surface area (Å²) in [5.41, 5.74) is 4.64. The Hall–Kier alpha value is -1.10. The summed E-state index contributed by atoms with van der Waals surface area (Å²) in [6.45, 7) is 1.82. The summed E-state index contributed by atoms with van der Waals surface area (Å²) in [5, 5.41) is 0. The van der Waals surface area contributed by atoms with Crippen LogP contribution in [0.1, 0.15) is 24.1 Å². The maximum absolute atomic E-state index is 12.4. The molecule has 0 spiro atoms. The van der Waals surface area contributed by atoms with Crippen molar-refractivity contribution >= 4 is 0 Å². The van der Waals surface area contributed by atoms with E-state index in [-0.39, 0.29) is 18.0 Å². The van der Waals surface area contributed by atoms with Crippen molar-refractivity contribution in [2.24, 2.45) is 5.73 Å². The Balaban J connectivity index is 3.16. The van der Waals surface area contributed by atoms with E-state index in [0.717, 1.165) is 6.20 Å². The van der Waals surface area contributed by atoms with Crippen molar-refractivity contribution in [1.82, 2.24) is 4.98 Å². The lowest BCUT2D eigenvalue weighted by Gasteiger charge is -2.15. The van der Waals surface area contributed by atoms with Crippen molar-refractivity contribution in [2.45, 2.75) is 19.0 Å². The molecule has 1 aromatic rings. The average Bonchev–Trinajstić information content (AvgIpc) is 2.15. The summed E-state index contributed by atoms with van der Waals surface area (Å²) in [6, 6.07) is 2.89. The Labute approximate surface area is 79.9 Å². The van der Waals surface area contributed by atoms with Crippen molar-refractivity contribution in [3.63, 3.8) is 0 Å². The number of pyridine rings is 1. The van der Waals surface area contributed by atoms with Crippen LogP contribution in [-0.4, -0.2) is 11.5 Å². The van der Waals surface area contributed by atoms with Gasteiger partial charge in [0, 0.05) is 6.20 Å². The molecular formula is C9H11F3N2. The van der Waals surface area contributed by atoms with Gasteiger partial charge in [-0.3, -0.25) is 4.98 Å². The Bertz CT molecular complexity index is 309. The van der Waals surface area contributed by atoms with Gasteiger partial charge < -0.3 is 5.73 Å². The number of alkyl halides is 3. The van der Waals surface area contributed by atoms with E-state index in [4.69, 9.17) is 5.73 Å². The largest absolute Gasteiger partial charge is 0.433 e. The van der Waals surface area contributed by atoms with Gasteiger partial charge in [0.05, 0.1) is 0 Å². The second kappa shape index (κ2) is 3.96. The van der Waals surface area contributed by atoms with E-state index >= 15 is 0 Å². The molecule has 2 nitrogen and oxygen atoms in total. The zero-order chi connectivity index (χ0) is 10.8. The molecule has 14 heavy (non-hydrogen) atoms. The standard InChI is InChI=1S/C9H11F3N2/c1-6(5-13)7-3-2-4-14-8(7)9(10,11)12/h2-4,6H,5,13H2,1H3. The van der Waals surface area contributed by atoms with Gasteiger partial charge in [0.15, 0.2) is 0 Å². The fraction of sp³-hybridized carbons (Fsp3) is 0.444. The molecule has 1 heterocycles. The third-order valence-corrected chi connectivity index (χ3v) is 1.99. The average molecular weight is 204 g/mol. The highest BCUT2D eigenvalue weighted by Gasteiger charge is 2.35. The molecule has 5 heteroatoms. The molecule has 1 unspecified atom stereocenters. The van der Waals surface area contributed by atoms with Crippen molar-refractivity contribution in [1.29, 1.82) is 0 Å². The van der Waals surface area contributed by atoms with E-state index in [1.165, 1.54) is 12.1 Å². The van der Waals surface area contributed by atoms with E-state index in [9.17, 15) is 13.2 Å². The van der Waals surface area contributed by atoms with Gasteiger partial charge in [0.1, 0.15) is 5.69 Å². The molecule has 78 valence electrons. The lowest BCUT2D eigenvalue weighted by Crippen LogP contribution is -2.17. The highest BCUT2D eigenvalue weighted by atomic mass is 19.4. The van der Waals surface area contributed by atoms with E-state index in [1.54, 1.807) is 6.92 Å². The molecule has 1 atom stereocenters. The Morgan fingerprint density at radius 3 is 2.64 bits per heavy atom. The van der Waals surface area contributed by atoms with Crippen LogP contribution in [0.3, 0.4) is 0 Å². The summed E-state index contributed by atoms with van der Waals surface area (Å²) in [6.07, 6.45) is -3.27. The highest BCUT2D eigenvalue weighted by Crippen LogP contribution is 2.32. The first-order valence-electron chi connectivity index (χ1n) is 4.19. The Morgan fingerprint density at radius 2 is 2.14 bits per heavy atom. The molecule has 0 amide bonds. The smallest absolute Gasteiger partial charge is 0.330 e. The molecule has 2 N–H and O–H groups in total. The predicted octanol–water partition coefficient (Wildman–Crippen LogP) is 2.16. The molecule has 0 fully saturated rings. The first-order valence-corrected chi connectivity index (χ1v) is 4.19. The molecule has 0 aliphatic heterocycles. The number of nitrogens with zero attached hydrogens (tertiary/aromatic N) is 1. The second-order valence-corrected chi connectivity index (χ2v) is 3.08. The normalized spacial score (nSPS) is 14.1. The fourth-order valence-corrected chi connectivity index (χ4v) is 1.18. The lowest BCUT2D eigenvalue weighted by molar-refractivity contribution is -0.142. The molecule has 0 saturated carbocycles. The summed E-state index contributed by atoms with van der Waals surface area (Å²) in [7, 11) is 0. The number of aromatic nitrogens is 1. The number of rotatable bonds is 2. The fourth-order valence-electron chi connectivity index (χ4n) is 1.18. The third-order valence-electron chi connectivity index (χ3n) is 1.99. The van der Waals surface area contributed by atoms with Crippen LogP contribution in [0.4, 0.5) is 13.2 Å². The maximum Gasteiger partial charge on any atom is 0.433 e. The molecule has 0 aromatic carbocycles. The van der Waals surface area contributed by atoms with Crippen molar-refractivity contribution < 1.29 is 13.2 Å². The molecule has 0 aliphatic carbocycles. The molecular weight excluding hydrogens is 193 g/mol. The van der Waals surface area contributed by atoms with Gasteiger partial charge in [-0.2, -0.15) is 13.2 Å². The van der Waals surface area contributed by atoms with Crippen LogP contribution < -0.4 is 5.73 Å². The third kappa shape index (κ3) is 2.23. The second-order valence-electron chi connectivity index (χ2n) is 3.08. The van der Waals surface area contributed by atoms with E-state index in [2.05, 4.69) is 4.98 Å². The van der Waals surface area contributed by atoms with Crippen LogP contribution in [-0.2, 0) is 6.18 Å². The van der Waals surface area contributed by atoms with Gasteiger partial charge >= 0.3 is 6.18 Å². The Kier molecular flexibility index (Phi) is 3.10. The monoisotopic (exact) mass is 204 g/mol. The van der Waals surface area contributed by atoms with Gasteiger partial charge in [-0.1, -0.05) is 13.0 Å². The van der Waals surface area contributed by atoms with Crippen LogP contribution in [0.5, 0.6) is 0 Å². The summed E-state index contributed by atoms with van der Waals surface area (Å²) in [5.74, 6) is -0.333. The van der Waals surface area contributed by atoms with Crippen molar-refractivity contribution in [3.8, 4) is 0 Å². The zero-order valence-corrected chi connectivity index (χ0v) is 7.67. The van der Waals surface area contributed by atoms with Gasteiger partial charge in [-0.05, 0) is 24.1 Å². The number of nitrogens with two attached hydrogens (primary N) is 1. The molecule has 0 saturated heterocycles. The lowest BCUT2D eigenvalue weighted by atomic mass is 9.99. The van der Waals surface area contributed by atoms with Crippen LogP contribution in [0.2, 0.25) is 0 Å². The molecule has 0 bridgehead atoms. The quantitative estimate of drug-likeness (QED) is 0.801. The SMILES string of the molecule is CC(CN)c1cccnc1C(F)(F)F. The van der Waals surface area contributed by atoms with Crippen LogP contribution in [0.15, 0.2) is 18.3 Å². The summed E-state index contributed by atoms with van der Waals surface area (Å²) >= 11 is 0. The first kappa shape index (κ1) is 11.0. The van der Waals surface area contributed by atoms with Gasteiger partial charge in [0.25, 0.3) is 0 Å². The highest BCUT2D eigenvalue weighted by molar-refractivity contribution is 5.26. The van der Waals surface area contributed by atoms with Gasteiger partial charge in [-0.25, -0.2) is 0 Å². The predicted molar refractivity (Wildman–Crippen MR) is 46.7 cm³/mol. The van der Waals surface area contributed by atoms with Crippen molar-refractivity contribution in [2.75, 3.05) is 6.54 Å². The minimum atomic E-state index is -4.40. The molecule has 0 aliphatic rings. The van der Waals surface area contributed by atoms with E-state index in [0.29, 0.717) is 0 Å². The maximum atomic E-state index is 12.4. The minimum absolute atomic E-state index is 0.155. The minimum Gasteiger partial charge on any atom is -0.330 e. The number of hydrogen-bond acceptors (Lipinski definition) is 2. The van der Waals surface area contributed by atoms with Gasteiger partial charge in [0.2, 0.25) is 0 Å². The zero-order valence-electron chi connectivity index (χ0n) is 7.67. The first-order chi connectivity index (χ1) is 6.46. The number of hydrogen-bond donors (Lipinski definition) is 1. The van der Waals surface area contributed by atoms with E-state index < -0.39 is 11.9 Å². The molecule has 1 aromatic heterocycles. The summed E-state index contributed by atoms with van der Waals surface area (Å²) < 4.78 is 37.3. The van der Waals surface area contributed by atoms with Crippen molar-refractivity contribution in [3.05, 3.63) is 29.6 Å². The summed E-state index contributed by atoms with van der Waals surface area (Å²) in [4.78, 5) is 3.34. The van der Waals surface area contributed by atoms with Crippen LogP contribution in [0.25, 0.3) is 0 Å². The van der Waals surface area contributed by atoms with Crippen LogP contribution in [0, 0.1) is 0 Å². The topological polar surface area (TPSA) is 38.9 Å². The van der Waals surface area contributed by atoms with E-state index in [1.807, 2.05) is 0 Å².